The first-order valence-electron chi connectivity index (χ1n) is 6.19. The van der Waals surface area contributed by atoms with Gasteiger partial charge in [0.25, 0.3) is 0 Å². The van der Waals surface area contributed by atoms with E-state index in [0.717, 1.165) is 17.8 Å². The SMILES string of the molecule is Cc1cccc(NC(=O)CN(C)Cc2ccsc2)c1. The Kier molecular flexibility index (Phi) is 4.71. The van der Waals surface area contributed by atoms with E-state index in [2.05, 4.69) is 22.1 Å². The molecule has 100 valence electrons. The molecular weight excluding hydrogens is 256 g/mol. The third kappa shape index (κ3) is 4.50. The normalized spacial score (nSPS) is 10.7. The highest BCUT2D eigenvalue weighted by Crippen LogP contribution is 2.10. The molecule has 1 N–H and O–H groups in total. The number of carbonyl (C=O) groups is 1. The Balaban J connectivity index is 1.84. The Labute approximate surface area is 117 Å². The van der Waals surface area contributed by atoms with Crippen LogP contribution >= 0.6 is 11.3 Å². The lowest BCUT2D eigenvalue weighted by Crippen LogP contribution is -2.29. The maximum absolute atomic E-state index is 11.9. The van der Waals surface area contributed by atoms with Crippen molar-refractivity contribution in [1.29, 1.82) is 0 Å². The fourth-order valence-electron chi connectivity index (χ4n) is 1.92. The van der Waals surface area contributed by atoms with Crippen LogP contribution in [0.4, 0.5) is 5.69 Å². The topological polar surface area (TPSA) is 32.3 Å². The maximum atomic E-state index is 11.9. The number of hydrogen-bond donors (Lipinski definition) is 1. The number of anilines is 1. The van der Waals surface area contributed by atoms with Crippen LogP contribution in [0.2, 0.25) is 0 Å². The average molecular weight is 274 g/mol. The summed E-state index contributed by atoms with van der Waals surface area (Å²) in [6, 6.07) is 9.92. The van der Waals surface area contributed by atoms with Gasteiger partial charge in [-0.2, -0.15) is 11.3 Å². The summed E-state index contributed by atoms with van der Waals surface area (Å²) >= 11 is 1.68. The monoisotopic (exact) mass is 274 g/mol. The van der Waals surface area contributed by atoms with Crippen molar-refractivity contribution in [2.24, 2.45) is 0 Å². The number of carbonyl (C=O) groups excluding carboxylic acids is 1. The Hall–Kier alpha value is -1.65. The van der Waals surface area contributed by atoms with Crippen molar-refractivity contribution in [3.63, 3.8) is 0 Å². The Morgan fingerprint density at radius 1 is 1.37 bits per heavy atom. The Morgan fingerprint density at radius 2 is 2.21 bits per heavy atom. The Morgan fingerprint density at radius 3 is 2.89 bits per heavy atom. The van der Waals surface area contributed by atoms with Gasteiger partial charge >= 0.3 is 0 Å². The molecule has 0 unspecified atom stereocenters. The summed E-state index contributed by atoms with van der Waals surface area (Å²) in [5.74, 6) is 0.0170. The third-order valence-corrected chi connectivity index (χ3v) is 3.48. The smallest absolute Gasteiger partial charge is 0.238 e. The van der Waals surface area contributed by atoms with Gasteiger partial charge in [0.2, 0.25) is 5.91 Å². The van der Waals surface area contributed by atoms with Gasteiger partial charge in [-0.05, 0) is 54.1 Å². The first kappa shape index (κ1) is 13.8. The zero-order valence-corrected chi connectivity index (χ0v) is 12.0. The van der Waals surface area contributed by atoms with Gasteiger partial charge < -0.3 is 5.32 Å². The zero-order chi connectivity index (χ0) is 13.7. The molecule has 0 aliphatic carbocycles. The van der Waals surface area contributed by atoms with Crippen LogP contribution in [0.15, 0.2) is 41.1 Å². The van der Waals surface area contributed by atoms with Crippen LogP contribution in [-0.4, -0.2) is 24.4 Å². The number of hydrogen-bond acceptors (Lipinski definition) is 3. The van der Waals surface area contributed by atoms with E-state index in [-0.39, 0.29) is 5.91 Å². The van der Waals surface area contributed by atoms with Crippen LogP contribution < -0.4 is 5.32 Å². The molecule has 0 aliphatic rings. The highest BCUT2D eigenvalue weighted by molar-refractivity contribution is 7.07. The minimum absolute atomic E-state index is 0.0170. The van der Waals surface area contributed by atoms with Gasteiger partial charge in [-0.25, -0.2) is 0 Å². The second kappa shape index (κ2) is 6.50. The molecular formula is C15H18N2OS. The molecule has 1 amide bonds. The minimum Gasteiger partial charge on any atom is -0.325 e. The summed E-state index contributed by atoms with van der Waals surface area (Å²) in [5, 5.41) is 7.07. The molecule has 0 fully saturated rings. The maximum Gasteiger partial charge on any atom is 0.238 e. The molecule has 0 aliphatic heterocycles. The number of rotatable bonds is 5. The standard InChI is InChI=1S/C15H18N2OS/c1-12-4-3-5-14(8-12)16-15(18)10-17(2)9-13-6-7-19-11-13/h3-8,11H,9-10H2,1-2H3,(H,16,18). The number of likely N-dealkylation sites (N-methyl/N-ethyl adjacent to an activating group) is 1. The highest BCUT2D eigenvalue weighted by atomic mass is 32.1. The molecule has 19 heavy (non-hydrogen) atoms. The lowest BCUT2D eigenvalue weighted by atomic mass is 10.2. The van der Waals surface area contributed by atoms with Crippen molar-refractivity contribution in [2.75, 3.05) is 18.9 Å². The van der Waals surface area contributed by atoms with Crippen LogP contribution in [0.3, 0.4) is 0 Å². The molecule has 0 spiro atoms. The summed E-state index contributed by atoms with van der Waals surface area (Å²) in [6.45, 7) is 3.20. The zero-order valence-electron chi connectivity index (χ0n) is 11.2. The molecule has 2 rings (SSSR count). The molecule has 0 atom stereocenters. The quantitative estimate of drug-likeness (QED) is 0.908. The van der Waals surface area contributed by atoms with Crippen LogP contribution in [0.1, 0.15) is 11.1 Å². The van der Waals surface area contributed by atoms with Crippen LogP contribution in [0, 0.1) is 6.92 Å². The number of nitrogens with one attached hydrogen (secondary N) is 1. The highest BCUT2D eigenvalue weighted by Gasteiger charge is 2.07. The third-order valence-electron chi connectivity index (χ3n) is 2.75. The molecule has 0 bridgehead atoms. The van der Waals surface area contributed by atoms with E-state index in [1.807, 2.05) is 43.1 Å². The molecule has 1 aromatic carbocycles. The summed E-state index contributed by atoms with van der Waals surface area (Å²) in [6.07, 6.45) is 0. The fourth-order valence-corrected chi connectivity index (χ4v) is 2.58. The molecule has 3 nitrogen and oxygen atoms in total. The van der Waals surface area contributed by atoms with Crippen molar-refractivity contribution >= 4 is 22.9 Å². The molecule has 1 aromatic heterocycles. The van der Waals surface area contributed by atoms with Crippen molar-refractivity contribution < 1.29 is 4.79 Å². The van der Waals surface area contributed by atoms with E-state index >= 15 is 0 Å². The van der Waals surface area contributed by atoms with E-state index in [4.69, 9.17) is 0 Å². The molecule has 0 saturated carbocycles. The van der Waals surface area contributed by atoms with Gasteiger partial charge in [0, 0.05) is 12.2 Å². The Bertz CT molecular complexity index is 537. The van der Waals surface area contributed by atoms with Gasteiger partial charge in [0.05, 0.1) is 6.54 Å². The number of amides is 1. The van der Waals surface area contributed by atoms with Crippen molar-refractivity contribution in [2.45, 2.75) is 13.5 Å². The predicted octanol–water partition coefficient (Wildman–Crippen LogP) is 3.13. The van der Waals surface area contributed by atoms with Crippen LogP contribution in [-0.2, 0) is 11.3 Å². The van der Waals surface area contributed by atoms with Crippen molar-refractivity contribution in [3.05, 3.63) is 52.2 Å². The van der Waals surface area contributed by atoms with E-state index in [1.165, 1.54) is 5.56 Å². The molecule has 0 saturated heterocycles. The summed E-state index contributed by atoms with van der Waals surface area (Å²) in [5.41, 5.74) is 3.24. The van der Waals surface area contributed by atoms with Crippen molar-refractivity contribution in [3.8, 4) is 0 Å². The van der Waals surface area contributed by atoms with E-state index in [1.54, 1.807) is 11.3 Å². The van der Waals surface area contributed by atoms with Crippen molar-refractivity contribution in [1.82, 2.24) is 4.90 Å². The summed E-state index contributed by atoms with van der Waals surface area (Å²) in [4.78, 5) is 13.9. The number of aryl methyl sites for hydroxylation is 1. The number of thiophene rings is 1. The molecule has 1 heterocycles. The minimum atomic E-state index is 0.0170. The first-order valence-corrected chi connectivity index (χ1v) is 7.14. The first-order chi connectivity index (χ1) is 9.13. The van der Waals surface area contributed by atoms with Gasteiger partial charge in [-0.1, -0.05) is 12.1 Å². The van der Waals surface area contributed by atoms with E-state index in [0.29, 0.717) is 6.54 Å². The fraction of sp³-hybridized carbons (Fsp3) is 0.267. The summed E-state index contributed by atoms with van der Waals surface area (Å²) < 4.78 is 0. The van der Waals surface area contributed by atoms with E-state index in [9.17, 15) is 4.79 Å². The van der Waals surface area contributed by atoms with Gasteiger partial charge in [0.1, 0.15) is 0 Å². The van der Waals surface area contributed by atoms with Crippen LogP contribution in [0.5, 0.6) is 0 Å². The largest absolute Gasteiger partial charge is 0.325 e. The predicted molar refractivity (Wildman–Crippen MR) is 80.5 cm³/mol. The van der Waals surface area contributed by atoms with Gasteiger partial charge in [-0.3, -0.25) is 9.69 Å². The lowest BCUT2D eigenvalue weighted by molar-refractivity contribution is -0.117. The number of nitrogens with zero attached hydrogens (tertiary/aromatic N) is 1. The van der Waals surface area contributed by atoms with Gasteiger partial charge in [0.15, 0.2) is 0 Å². The van der Waals surface area contributed by atoms with Crippen LogP contribution in [0.25, 0.3) is 0 Å². The van der Waals surface area contributed by atoms with Gasteiger partial charge in [-0.15, -0.1) is 0 Å². The number of benzene rings is 1. The lowest BCUT2D eigenvalue weighted by Gasteiger charge is -2.15. The second-order valence-corrected chi connectivity index (χ2v) is 5.50. The molecule has 4 heteroatoms. The van der Waals surface area contributed by atoms with E-state index < -0.39 is 0 Å². The summed E-state index contributed by atoms with van der Waals surface area (Å²) in [7, 11) is 1.95. The molecule has 0 radical (unpaired) electrons. The second-order valence-electron chi connectivity index (χ2n) is 4.72. The molecule has 2 aromatic rings. The average Bonchev–Trinajstić information content (AvgIpc) is 2.81.